The third-order valence-corrected chi connectivity index (χ3v) is 5.89. The summed E-state index contributed by atoms with van der Waals surface area (Å²) in [5.41, 5.74) is 0.843. The lowest BCUT2D eigenvalue weighted by molar-refractivity contribution is -0.119. The predicted octanol–water partition coefficient (Wildman–Crippen LogP) is 3.21. The van der Waals surface area contributed by atoms with E-state index in [9.17, 15) is 9.18 Å². The second-order valence-corrected chi connectivity index (χ2v) is 7.92. The molecule has 1 aliphatic carbocycles. The van der Waals surface area contributed by atoms with Crippen molar-refractivity contribution in [2.75, 3.05) is 5.75 Å². The maximum absolute atomic E-state index is 13.2. The number of nitrogens with zero attached hydrogens (tertiary/aromatic N) is 4. The summed E-state index contributed by atoms with van der Waals surface area (Å²) in [4.78, 5) is 13.5. The second kappa shape index (κ2) is 7.55. The van der Waals surface area contributed by atoms with E-state index in [0.717, 1.165) is 23.3 Å². The number of aromatic nitrogens is 4. The van der Waals surface area contributed by atoms with Crippen LogP contribution < -0.4 is 5.32 Å². The third kappa shape index (κ3) is 3.94. The Bertz CT molecular complexity index is 877. The quantitative estimate of drug-likeness (QED) is 0.628. The van der Waals surface area contributed by atoms with Gasteiger partial charge in [-0.05, 0) is 52.4 Å². The van der Waals surface area contributed by atoms with Gasteiger partial charge >= 0.3 is 0 Å². The van der Waals surface area contributed by atoms with Crippen LogP contribution in [0.4, 0.5) is 4.39 Å². The van der Waals surface area contributed by atoms with Gasteiger partial charge in [0.15, 0.2) is 0 Å². The maximum atomic E-state index is 13.2. The zero-order chi connectivity index (χ0) is 17.9. The van der Waals surface area contributed by atoms with Crippen LogP contribution in [0.2, 0.25) is 0 Å². The third-order valence-electron chi connectivity index (χ3n) is 4.02. The molecule has 1 fully saturated rings. The molecular weight excluding hydrogens is 373 g/mol. The van der Waals surface area contributed by atoms with Gasteiger partial charge in [0.05, 0.1) is 17.8 Å². The van der Waals surface area contributed by atoms with E-state index in [4.69, 9.17) is 0 Å². The molecule has 1 aliphatic rings. The number of benzene rings is 1. The Hall–Kier alpha value is -2.26. The molecule has 1 amide bonds. The Kier molecular flexibility index (Phi) is 4.98. The molecule has 0 aliphatic heterocycles. The van der Waals surface area contributed by atoms with E-state index < -0.39 is 0 Å². The number of nitrogens with one attached hydrogen (secondary N) is 1. The molecule has 0 saturated heterocycles. The Morgan fingerprint density at radius 2 is 2.15 bits per heavy atom. The minimum Gasteiger partial charge on any atom is -0.344 e. The molecule has 134 valence electrons. The molecule has 0 bridgehead atoms. The first-order valence-electron chi connectivity index (χ1n) is 8.19. The Morgan fingerprint density at radius 3 is 2.85 bits per heavy atom. The monoisotopic (exact) mass is 389 g/mol. The fraction of sp³-hybridized carbons (Fsp3) is 0.294. The van der Waals surface area contributed by atoms with Crippen LogP contribution >= 0.6 is 23.1 Å². The molecule has 4 rings (SSSR count). The first kappa shape index (κ1) is 17.2. The Labute approximate surface area is 157 Å². The van der Waals surface area contributed by atoms with Crippen LogP contribution in [0.1, 0.15) is 35.4 Å². The van der Waals surface area contributed by atoms with E-state index in [1.54, 1.807) is 28.2 Å². The summed E-state index contributed by atoms with van der Waals surface area (Å²) < 4.78 is 15.0. The summed E-state index contributed by atoms with van der Waals surface area (Å²) >= 11 is 2.88. The van der Waals surface area contributed by atoms with Gasteiger partial charge in [-0.3, -0.25) is 4.79 Å². The molecule has 0 radical (unpaired) electrons. The largest absolute Gasteiger partial charge is 0.344 e. The highest BCUT2D eigenvalue weighted by molar-refractivity contribution is 7.99. The number of tetrazole rings is 1. The molecule has 1 atom stereocenters. The number of carbonyl (C=O) groups is 1. The van der Waals surface area contributed by atoms with E-state index in [2.05, 4.69) is 20.8 Å². The lowest BCUT2D eigenvalue weighted by Crippen LogP contribution is -2.30. The van der Waals surface area contributed by atoms with Crippen LogP contribution in [0.3, 0.4) is 0 Å². The zero-order valence-corrected chi connectivity index (χ0v) is 15.3. The van der Waals surface area contributed by atoms with Crippen LogP contribution in [0.15, 0.2) is 46.9 Å². The smallest absolute Gasteiger partial charge is 0.231 e. The van der Waals surface area contributed by atoms with Gasteiger partial charge in [0, 0.05) is 4.88 Å². The Morgan fingerprint density at radius 1 is 1.35 bits per heavy atom. The number of carbonyl (C=O) groups excluding carboxylic acids is 1. The van der Waals surface area contributed by atoms with Gasteiger partial charge in [-0.2, -0.15) is 0 Å². The first-order chi connectivity index (χ1) is 12.7. The average molecular weight is 389 g/mol. The van der Waals surface area contributed by atoms with Crippen molar-refractivity contribution in [2.24, 2.45) is 0 Å². The topological polar surface area (TPSA) is 72.7 Å². The summed E-state index contributed by atoms with van der Waals surface area (Å²) in [5.74, 6) is -0.202. The minimum absolute atomic E-state index is 0.122. The number of thioether (sulfide) groups is 1. The van der Waals surface area contributed by atoms with Crippen LogP contribution in [-0.2, 0) is 4.79 Å². The van der Waals surface area contributed by atoms with Crippen LogP contribution in [-0.4, -0.2) is 31.9 Å². The standard InChI is InChI=1S/C17H16FN5OS2/c18-12-5-3-11(4-6-12)16(14-2-1-9-25-14)19-15(24)10-26-17-20-21-22-23(17)13-7-8-13/h1-6,9,13,16H,7-8,10H2,(H,19,24). The molecule has 1 unspecified atom stereocenters. The number of hydrogen-bond donors (Lipinski definition) is 1. The normalized spacial score (nSPS) is 15.0. The lowest BCUT2D eigenvalue weighted by atomic mass is 10.1. The van der Waals surface area contributed by atoms with Gasteiger partial charge < -0.3 is 5.32 Å². The van der Waals surface area contributed by atoms with Crippen molar-refractivity contribution < 1.29 is 9.18 Å². The molecule has 2 aromatic heterocycles. The fourth-order valence-corrected chi connectivity index (χ4v) is 4.15. The lowest BCUT2D eigenvalue weighted by Gasteiger charge is -2.18. The highest BCUT2D eigenvalue weighted by atomic mass is 32.2. The number of hydrogen-bond acceptors (Lipinski definition) is 6. The van der Waals surface area contributed by atoms with E-state index >= 15 is 0 Å². The molecule has 1 aromatic carbocycles. The predicted molar refractivity (Wildman–Crippen MR) is 97.5 cm³/mol. The van der Waals surface area contributed by atoms with Gasteiger partial charge in [-0.15, -0.1) is 16.4 Å². The molecular formula is C17H16FN5OS2. The Balaban J connectivity index is 1.44. The van der Waals surface area contributed by atoms with Crippen molar-refractivity contribution in [3.05, 3.63) is 58.0 Å². The summed E-state index contributed by atoms with van der Waals surface area (Å²) in [6, 6.07) is 10.2. The second-order valence-electron chi connectivity index (χ2n) is 5.99. The van der Waals surface area contributed by atoms with E-state index in [-0.39, 0.29) is 23.5 Å². The number of halogens is 1. The SMILES string of the molecule is O=C(CSc1nnnn1C1CC1)NC(c1ccc(F)cc1)c1cccs1. The summed E-state index contributed by atoms with van der Waals surface area (Å²) in [6.07, 6.45) is 2.16. The summed E-state index contributed by atoms with van der Waals surface area (Å²) in [6.45, 7) is 0. The van der Waals surface area contributed by atoms with Crippen molar-refractivity contribution in [3.63, 3.8) is 0 Å². The van der Waals surface area contributed by atoms with Gasteiger partial charge in [0.2, 0.25) is 11.1 Å². The molecule has 1 saturated carbocycles. The highest BCUT2D eigenvalue weighted by Gasteiger charge is 2.28. The van der Waals surface area contributed by atoms with Crippen LogP contribution in [0, 0.1) is 5.82 Å². The van der Waals surface area contributed by atoms with Crippen molar-refractivity contribution in [1.29, 1.82) is 0 Å². The molecule has 6 nitrogen and oxygen atoms in total. The highest BCUT2D eigenvalue weighted by Crippen LogP contribution is 2.36. The van der Waals surface area contributed by atoms with Gasteiger partial charge in [0.1, 0.15) is 5.82 Å². The van der Waals surface area contributed by atoms with E-state index in [0.29, 0.717) is 11.2 Å². The first-order valence-corrected chi connectivity index (χ1v) is 10.1. The molecule has 3 aromatic rings. The molecule has 0 spiro atoms. The van der Waals surface area contributed by atoms with Crippen molar-refractivity contribution in [2.45, 2.75) is 30.1 Å². The van der Waals surface area contributed by atoms with E-state index in [1.807, 2.05) is 17.5 Å². The van der Waals surface area contributed by atoms with Gasteiger partial charge in [-0.25, -0.2) is 9.07 Å². The van der Waals surface area contributed by atoms with Gasteiger partial charge in [-0.1, -0.05) is 30.0 Å². The maximum Gasteiger partial charge on any atom is 0.231 e. The van der Waals surface area contributed by atoms with Crippen LogP contribution in [0.25, 0.3) is 0 Å². The van der Waals surface area contributed by atoms with Crippen molar-refractivity contribution in [1.82, 2.24) is 25.5 Å². The van der Waals surface area contributed by atoms with Crippen molar-refractivity contribution >= 4 is 29.0 Å². The summed E-state index contributed by atoms with van der Waals surface area (Å²) in [7, 11) is 0. The van der Waals surface area contributed by atoms with E-state index in [1.165, 1.54) is 23.9 Å². The number of thiophene rings is 1. The fourth-order valence-electron chi connectivity index (χ4n) is 2.59. The van der Waals surface area contributed by atoms with Crippen molar-refractivity contribution in [3.8, 4) is 0 Å². The number of amides is 1. The number of rotatable bonds is 7. The molecule has 9 heteroatoms. The molecule has 26 heavy (non-hydrogen) atoms. The van der Waals surface area contributed by atoms with Crippen LogP contribution in [0.5, 0.6) is 0 Å². The van der Waals surface area contributed by atoms with Gasteiger partial charge in [0.25, 0.3) is 0 Å². The molecule has 2 heterocycles. The summed E-state index contributed by atoms with van der Waals surface area (Å²) in [5, 5.41) is 17.3. The zero-order valence-electron chi connectivity index (χ0n) is 13.7. The average Bonchev–Trinajstić information content (AvgIpc) is 3.15. The molecule has 1 N–H and O–H groups in total. The minimum atomic E-state index is -0.303.